The SMILES string of the molecule is CCN(C(C)=O)c1nc(CSC(C)CCN)cs1. The van der Waals surface area contributed by atoms with Crippen molar-refractivity contribution in [3.05, 3.63) is 11.1 Å². The first-order chi connectivity index (χ1) is 8.58. The van der Waals surface area contributed by atoms with E-state index in [1.807, 2.05) is 24.1 Å². The van der Waals surface area contributed by atoms with Crippen molar-refractivity contribution in [2.24, 2.45) is 5.73 Å². The minimum absolute atomic E-state index is 0.0440. The summed E-state index contributed by atoms with van der Waals surface area (Å²) in [6.07, 6.45) is 1.02. The number of nitrogens with zero attached hydrogens (tertiary/aromatic N) is 2. The highest BCUT2D eigenvalue weighted by Gasteiger charge is 2.13. The van der Waals surface area contributed by atoms with Gasteiger partial charge >= 0.3 is 0 Å². The third-order valence-corrected chi connectivity index (χ3v) is 4.74. The molecule has 1 aromatic heterocycles. The summed E-state index contributed by atoms with van der Waals surface area (Å²) in [5.41, 5.74) is 6.57. The van der Waals surface area contributed by atoms with Crippen molar-refractivity contribution >= 4 is 34.1 Å². The van der Waals surface area contributed by atoms with Gasteiger partial charge in [-0.05, 0) is 19.9 Å². The van der Waals surface area contributed by atoms with E-state index in [1.54, 1.807) is 11.8 Å². The second-order valence-corrected chi connectivity index (χ2v) is 6.35. The predicted molar refractivity (Wildman–Crippen MR) is 80.2 cm³/mol. The van der Waals surface area contributed by atoms with E-state index in [9.17, 15) is 4.79 Å². The summed E-state index contributed by atoms with van der Waals surface area (Å²) in [5, 5.41) is 3.38. The Morgan fingerprint density at radius 3 is 2.94 bits per heavy atom. The zero-order valence-corrected chi connectivity index (χ0v) is 12.8. The fourth-order valence-electron chi connectivity index (χ4n) is 1.52. The van der Waals surface area contributed by atoms with Gasteiger partial charge in [0.1, 0.15) is 0 Å². The molecule has 102 valence electrons. The van der Waals surface area contributed by atoms with Gasteiger partial charge in [-0.25, -0.2) is 4.98 Å². The first-order valence-corrected chi connectivity index (χ1v) is 8.05. The highest BCUT2D eigenvalue weighted by atomic mass is 32.2. The van der Waals surface area contributed by atoms with Crippen LogP contribution in [0.5, 0.6) is 0 Å². The number of nitrogens with two attached hydrogens (primary N) is 1. The summed E-state index contributed by atoms with van der Waals surface area (Å²) in [6.45, 7) is 7.10. The molecule has 2 N–H and O–H groups in total. The lowest BCUT2D eigenvalue weighted by atomic mass is 10.3. The molecule has 0 aliphatic rings. The first-order valence-electron chi connectivity index (χ1n) is 6.12. The molecule has 1 heterocycles. The van der Waals surface area contributed by atoms with Crippen LogP contribution in [0.15, 0.2) is 5.38 Å². The molecule has 1 aromatic rings. The van der Waals surface area contributed by atoms with Gasteiger partial charge in [-0.3, -0.25) is 9.69 Å². The zero-order chi connectivity index (χ0) is 13.5. The number of hydrogen-bond donors (Lipinski definition) is 1. The number of amides is 1. The van der Waals surface area contributed by atoms with E-state index >= 15 is 0 Å². The number of thioether (sulfide) groups is 1. The largest absolute Gasteiger partial charge is 0.330 e. The molecule has 18 heavy (non-hydrogen) atoms. The molecule has 0 fully saturated rings. The molecule has 1 atom stereocenters. The van der Waals surface area contributed by atoms with Crippen LogP contribution in [0.3, 0.4) is 0 Å². The monoisotopic (exact) mass is 287 g/mol. The van der Waals surface area contributed by atoms with Crippen molar-refractivity contribution in [2.75, 3.05) is 18.0 Å². The van der Waals surface area contributed by atoms with Crippen molar-refractivity contribution in [2.45, 2.75) is 38.2 Å². The van der Waals surface area contributed by atoms with Crippen molar-refractivity contribution in [1.29, 1.82) is 0 Å². The summed E-state index contributed by atoms with van der Waals surface area (Å²) in [7, 11) is 0. The van der Waals surface area contributed by atoms with Gasteiger partial charge in [0.2, 0.25) is 5.91 Å². The molecule has 0 aromatic carbocycles. The second kappa shape index (κ2) is 7.76. The van der Waals surface area contributed by atoms with Gasteiger partial charge in [-0.2, -0.15) is 11.8 Å². The smallest absolute Gasteiger partial charge is 0.225 e. The van der Waals surface area contributed by atoms with E-state index in [4.69, 9.17) is 5.73 Å². The molecule has 0 spiro atoms. The van der Waals surface area contributed by atoms with Gasteiger partial charge in [0.15, 0.2) is 5.13 Å². The molecule has 4 nitrogen and oxygen atoms in total. The van der Waals surface area contributed by atoms with Crippen molar-refractivity contribution < 1.29 is 4.79 Å². The van der Waals surface area contributed by atoms with Gasteiger partial charge in [-0.15, -0.1) is 11.3 Å². The molecular formula is C12H21N3OS2. The molecule has 1 unspecified atom stereocenters. The van der Waals surface area contributed by atoms with Crippen LogP contribution < -0.4 is 10.6 Å². The maximum atomic E-state index is 11.4. The molecule has 6 heteroatoms. The van der Waals surface area contributed by atoms with E-state index in [1.165, 1.54) is 11.3 Å². The van der Waals surface area contributed by atoms with Crippen molar-refractivity contribution in [3.8, 4) is 0 Å². The standard InChI is InChI=1S/C12H21N3OS2/c1-4-15(10(3)16)12-14-11(8-18-12)7-17-9(2)5-6-13/h8-9H,4-7,13H2,1-3H3. The minimum Gasteiger partial charge on any atom is -0.330 e. The second-order valence-electron chi connectivity index (χ2n) is 4.08. The lowest BCUT2D eigenvalue weighted by Crippen LogP contribution is -2.27. The number of carbonyl (C=O) groups is 1. The van der Waals surface area contributed by atoms with E-state index < -0.39 is 0 Å². The lowest BCUT2D eigenvalue weighted by molar-refractivity contribution is -0.116. The van der Waals surface area contributed by atoms with E-state index in [0.29, 0.717) is 11.8 Å². The van der Waals surface area contributed by atoms with Gasteiger partial charge in [-0.1, -0.05) is 6.92 Å². The molecule has 0 saturated heterocycles. The maximum Gasteiger partial charge on any atom is 0.225 e. The molecule has 0 bridgehead atoms. The number of thiazole rings is 1. The fourth-order valence-corrected chi connectivity index (χ4v) is 3.47. The van der Waals surface area contributed by atoms with Gasteiger partial charge in [0.25, 0.3) is 0 Å². The zero-order valence-electron chi connectivity index (χ0n) is 11.2. The quantitative estimate of drug-likeness (QED) is 0.837. The normalized spacial score (nSPS) is 12.4. The fraction of sp³-hybridized carbons (Fsp3) is 0.667. The molecule has 0 radical (unpaired) electrons. The van der Waals surface area contributed by atoms with Gasteiger partial charge in [0.05, 0.1) is 5.69 Å². The Kier molecular flexibility index (Phi) is 6.67. The van der Waals surface area contributed by atoms with Gasteiger partial charge in [0, 0.05) is 29.9 Å². The third-order valence-electron chi connectivity index (χ3n) is 2.56. The maximum absolute atomic E-state index is 11.4. The first kappa shape index (κ1) is 15.5. The number of carbonyl (C=O) groups excluding carboxylic acids is 1. The van der Waals surface area contributed by atoms with Crippen LogP contribution in [0.25, 0.3) is 0 Å². The highest BCUT2D eigenvalue weighted by molar-refractivity contribution is 7.99. The van der Waals surface area contributed by atoms with Crippen LogP contribution >= 0.6 is 23.1 Å². The molecule has 0 aliphatic heterocycles. The topological polar surface area (TPSA) is 59.2 Å². The van der Waals surface area contributed by atoms with Gasteiger partial charge < -0.3 is 5.73 Å². The molecule has 1 rings (SSSR count). The summed E-state index contributed by atoms with van der Waals surface area (Å²) < 4.78 is 0. The number of anilines is 1. The summed E-state index contributed by atoms with van der Waals surface area (Å²) in [4.78, 5) is 17.6. The van der Waals surface area contributed by atoms with Crippen LogP contribution in [0.4, 0.5) is 5.13 Å². The lowest BCUT2D eigenvalue weighted by Gasteiger charge is -2.14. The summed E-state index contributed by atoms with van der Waals surface area (Å²) in [6, 6.07) is 0. The molecular weight excluding hydrogens is 266 g/mol. The van der Waals surface area contributed by atoms with Crippen molar-refractivity contribution in [1.82, 2.24) is 4.98 Å². The van der Waals surface area contributed by atoms with Crippen LogP contribution in [0.2, 0.25) is 0 Å². The Labute approximate surface area is 117 Å². The highest BCUT2D eigenvalue weighted by Crippen LogP contribution is 2.25. The Bertz CT molecular complexity index is 381. The molecule has 0 saturated carbocycles. The molecule has 0 aliphatic carbocycles. The third kappa shape index (κ3) is 4.59. The van der Waals surface area contributed by atoms with E-state index in [2.05, 4.69) is 11.9 Å². The average molecular weight is 287 g/mol. The van der Waals surface area contributed by atoms with Crippen LogP contribution in [-0.2, 0) is 10.5 Å². The van der Waals surface area contributed by atoms with Crippen LogP contribution in [-0.4, -0.2) is 29.2 Å². The summed E-state index contributed by atoms with van der Waals surface area (Å²) >= 11 is 3.39. The van der Waals surface area contributed by atoms with Crippen LogP contribution in [0, 0.1) is 0 Å². The minimum atomic E-state index is 0.0440. The Morgan fingerprint density at radius 1 is 1.67 bits per heavy atom. The predicted octanol–water partition coefficient (Wildman–Crippen LogP) is 2.49. The average Bonchev–Trinajstić information content (AvgIpc) is 2.76. The van der Waals surface area contributed by atoms with E-state index in [-0.39, 0.29) is 5.91 Å². The van der Waals surface area contributed by atoms with Crippen LogP contribution in [0.1, 0.15) is 32.9 Å². The number of aromatic nitrogens is 1. The Morgan fingerprint density at radius 2 is 2.39 bits per heavy atom. The number of hydrogen-bond acceptors (Lipinski definition) is 5. The molecule has 1 amide bonds. The Balaban J connectivity index is 2.55. The van der Waals surface area contributed by atoms with Crippen molar-refractivity contribution in [3.63, 3.8) is 0 Å². The number of rotatable bonds is 7. The van der Waals surface area contributed by atoms with E-state index in [0.717, 1.165) is 29.5 Å². The summed E-state index contributed by atoms with van der Waals surface area (Å²) in [5.74, 6) is 0.926. The Hall–Kier alpha value is -0.590.